The molecule has 3 aromatic rings. The van der Waals surface area contributed by atoms with Gasteiger partial charge in [-0.3, -0.25) is 9.78 Å². The summed E-state index contributed by atoms with van der Waals surface area (Å²) in [5.41, 5.74) is 5.56. The third-order valence-electron chi connectivity index (χ3n) is 5.37. The largest absolute Gasteiger partial charge is 0.493 e. The SMILES string of the molecule is COc1ccc(NC(=O)Cc2ccc3c(c2)CCCC3)cc1OCc1ccncc1. The molecule has 0 bridgehead atoms. The number of hydrogen-bond acceptors (Lipinski definition) is 4. The summed E-state index contributed by atoms with van der Waals surface area (Å²) in [6.07, 6.45) is 8.57. The van der Waals surface area contributed by atoms with Crippen LogP contribution in [0.1, 0.15) is 35.1 Å². The van der Waals surface area contributed by atoms with Crippen LogP contribution in [0.2, 0.25) is 0 Å². The van der Waals surface area contributed by atoms with Crippen LogP contribution in [-0.4, -0.2) is 18.0 Å². The van der Waals surface area contributed by atoms with Crippen molar-refractivity contribution in [2.75, 3.05) is 12.4 Å². The fraction of sp³-hybridized carbons (Fsp3) is 0.280. The highest BCUT2D eigenvalue weighted by Gasteiger charge is 2.12. The van der Waals surface area contributed by atoms with Gasteiger partial charge in [0.05, 0.1) is 13.5 Å². The first-order valence-electron chi connectivity index (χ1n) is 10.3. The van der Waals surface area contributed by atoms with Crippen molar-refractivity contribution in [1.29, 1.82) is 0 Å². The number of carbonyl (C=O) groups is 1. The number of anilines is 1. The maximum atomic E-state index is 12.6. The number of nitrogens with zero attached hydrogens (tertiary/aromatic N) is 1. The van der Waals surface area contributed by atoms with Gasteiger partial charge >= 0.3 is 0 Å². The van der Waals surface area contributed by atoms with Crippen molar-refractivity contribution in [3.05, 3.63) is 83.2 Å². The molecule has 2 aromatic carbocycles. The number of hydrogen-bond donors (Lipinski definition) is 1. The van der Waals surface area contributed by atoms with Crippen LogP contribution < -0.4 is 14.8 Å². The molecule has 1 amide bonds. The quantitative estimate of drug-likeness (QED) is 0.621. The maximum Gasteiger partial charge on any atom is 0.228 e. The van der Waals surface area contributed by atoms with Crippen molar-refractivity contribution >= 4 is 11.6 Å². The lowest BCUT2D eigenvalue weighted by Gasteiger charge is -2.16. The molecule has 1 aliphatic carbocycles. The summed E-state index contributed by atoms with van der Waals surface area (Å²) in [5, 5.41) is 2.98. The first-order chi connectivity index (χ1) is 14.7. The van der Waals surface area contributed by atoms with Gasteiger partial charge in [-0.2, -0.15) is 0 Å². The third-order valence-corrected chi connectivity index (χ3v) is 5.37. The normalized spacial score (nSPS) is 12.7. The van der Waals surface area contributed by atoms with Gasteiger partial charge in [-0.25, -0.2) is 0 Å². The summed E-state index contributed by atoms with van der Waals surface area (Å²) in [7, 11) is 1.60. The Kier molecular flexibility index (Phi) is 6.28. The Balaban J connectivity index is 1.41. The van der Waals surface area contributed by atoms with Gasteiger partial charge in [-0.1, -0.05) is 18.2 Å². The Bertz CT molecular complexity index is 1020. The van der Waals surface area contributed by atoms with Crippen LogP contribution in [0.5, 0.6) is 11.5 Å². The monoisotopic (exact) mass is 402 g/mol. The van der Waals surface area contributed by atoms with Gasteiger partial charge in [0.15, 0.2) is 11.5 Å². The molecule has 1 heterocycles. The van der Waals surface area contributed by atoms with Gasteiger partial charge in [-0.05, 0) is 72.2 Å². The Labute approximate surface area is 177 Å². The van der Waals surface area contributed by atoms with Gasteiger partial charge in [0.1, 0.15) is 6.61 Å². The van der Waals surface area contributed by atoms with E-state index >= 15 is 0 Å². The number of fused-ring (bicyclic) bond motifs is 1. The molecule has 1 aromatic heterocycles. The minimum atomic E-state index is -0.0454. The van der Waals surface area contributed by atoms with Crippen LogP contribution in [0.3, 0.4) is 0 Å². The number of pyridine rings is 1. The summed E-state index contributed by atoms with van der Waals surface area (Å²) in [6, 6.07) is 15.7. The van der Waals surface area contributed by atoms with Gasteiger partial charge in [0.2, 0.25) is 5.91 Å². The van der Waals surface area contributed by atoms with Crippen LogP contribution in [0, 0.1) is 0 Å². The highest BCUT2D eigenvalue weighted by atomic mass is 16.5. The molecule has 0 unspecified atom stereocenters. The van der Waals surface area contributed by atoms with E-state index in [0.29, 0.717) is 30.2 Å². The molecular weight excluding hydrogens is 376 g/mol. The van der Waals surface area contributed by atoms with Crippen LogP contribution in [0.4, 0.5) is 5.69 Å². The average molecular weight is 402 g/mol. The van der Waals surface area contributed by atoms with E-state index < -0.39 is 0 Å². The van der Waals surface area contributed by atoms with Crippen LogP contribution in [0.15, 0.2) is 60.9 Å². The molecule has 4 rings (SSSR count). The fourth-order valence-corrected chi connectivity index (χ4v) is 3.79. The molecule has 154 valence electrons. The highest BCUT2D eigenvalue weighted by molar-refractivity contribution is 5.92. The van der Waals surface area contributed by atoms with E-state index in [-0.39, 0.29) is 5.91 Å². The molecule has 0 spiro atoms. The first kappa shape index (κ1) is 20.0. The molecule has 0 saturated carbocycles. The fourth-order valence-electron chi connectivity index (χ4n) is 3.79. The zero-order valence-corrected chi connectivity index (χ0v) is 17.2. The van der Waals surface area contributed by atoms with E-state index in [1.165, 1.54) is 24.0 Å². The second kappa shape index (κ2) is 9.44. The minimum Gasteiger partial charge on any atom is -0.493 e. The molecule has 5 nitrogen and oxygen atoms in total. The van der Waals surface area contributed by atoms with Gasteiger partial charge in [-0.15, -0.1) is 0 Å². The standard InChI is InChI=1S/C25H26N2O3/c1-29-23-9-8-22(16-24(23)30-17-18-10-12-26-13-11-18)27-25(28)15-19-6-7-20-4-2-3-5-21(20)14-19/h6-14,16H,2-5,15,17H2,1H3,(H,27,28). The summed E-state index contributed by atoms with van der Waals surface area (Å²) < 4.78 is 11.3. The molecule has 0 aliphatic heterocycles. The number of methoxy groups -OCH3 is 1. The number of nitrogens with one attached hydrogen (secondary N) is 1. The van der Waals surface area contributed by atoms with Crippen LogP contribution in [-0.2, 0) is 30.7 Å². The number of aromatic nitrogens is 1. The second-order valence-electron chi connectivity index (χ2n) is 7.54. The van der Waals surface area contributed by atoms with Gasteiger partial charge < -0.3 is 14.8 Å². The molecule has 0 atom stereocenters. The van der Waals surface area contributed by atoms with Crippen LogP contribution in [0.25, 0.3) is 0 Å². The number of aryl methyl sites for hydroxylation is 2. The lowest BCUT2D eigenvalue weighted by Crippen LogP contribution is -2.15. The van der Waals surface area contributed by atoms with Gasteiger partial charge in [0, 0.05) is 24.1 Å². The van der Waals surface area contributed by atoms with E-state index in [1.54, 1.807) is 31.6 Å². The molecule has 30 heavy (non-hydrogen) atoms. The predicted octanol–water partition coefficient (Wildman–Crippen LogP) is 4.73. The summed E-state index contributed by atoms with van der Waals surface area (Å²) in [6.45, 7) is 0.394. The maximum absolute atomic E-state index is 12.6. The number of amides is 1. The molecule has 1 aliphatic rings. The van der Waals surface area contributed by atoms with E-state index in [4.69, 9.17) is 9.47 Å². The molecule has 0 saturated heterocycles. The third kappa shape index (κ3) is 4.98. The Morgan fingerprint density at radius 2 is 1.73 bits per heavy atom. The van der Waals surface area contributed by atoms with E-state index in [2.05, 4.69) is 28.5 Å². The van der Waals surface area contributed by atoms with Gasteiger partial charge in [0.25, 0.3) is 0 Å². The van der Waals surface area contributed by atoms with Crippen molar-refractivity contribution in [3.8, 4) is 11.5 Å². The van der Waals surface area contributed by atoms with Crippen molar-refractivity contribution < 1.29 is 14.3 Å². The number of rotatable bonds is 7. The van der Waals surface area contributed by atoms with Crippen molar-refractivity contribution in [2.45, 2.75) is 38.7 Å². The summed E-state index contributed by atoms with van der Waals surface area (Å²) in [5.74, 6) is 1.16. The zero-order chi connectivity index (χ0) is 20.8. The predicted molar refractivity (Wildman–Crippen MR) is 117 cm³/mol. The Morgan fingerprint density at radius 1 is 0.933 bits per heavy atom. The second-order valence-corrected chi connectivity index (χ2v) is 7.54. The van der Waals surface area contributed by atoms with E-state index in [1.807, 2.05) is 18.2 Å². The average Bonchev–Trinajstić information content (AvgIpc) is 2.78. The zero-order valence-electron chi connectivity index (χ0n) is 17.2. The molecule has 0 radical (unpaired) electrons. The van der Waals surface area contributed by atoms with Crippen LogP contribution >= 0.6 is 0 Å². The molecular formula is C25H26N2O3. The van der Waals surface area contributed by atoms with E-state index in [9.17, 15) is 4.79 Å². The molecule has 5 heteroatoms. The molecule has 1 N–H and O–H groups in total. The van der Waals surface area contributed by atoms with Crippen molar-refractivity contribution in [2.24, 2.45) is 0 Å². The minimum absolute atomic E-state index is 0.0454. The topological polar surface area (TPSA) is 60.5 Å². The number of benzene rings is 2. The number of ether oxygens (including phenoxy) is 2. The summed E-state index contributed by atoms with van der Waals surface area (Å²) >= 11 is 0. The summed E-state index contributed by atoms with van der Waals surface area (Å²) in [4.78, 5) is 16.6. The lowest BCUT2D eigenvalue weighted by atomic mass is 9.90. The Morgan fingerprint density at radius 3 is 2.53 bits per heavy atom. The highest BCUT2D eigenvalue weighted by Crippen LogP contribution is 2.31. The number of carbonyl (C=O) groups excluding carboxylic acids is 1. The lowest BCUT2D eigenvalue weighted by molar-refractivity contribution is -0.115. The molecule has 0 fully saturated rings. The Hall–Kier alpha value is -3.34. The van der Waals surface area contributed by atoms with Crippen molar-refractivity contribution in [3.63, 3.8) is 0 Å². The van der Waals surface area contributed by atoms with Crippen molar-refractivity contribution in [1.82, 2.24) is 4.98 Å². The first-order valence-corrected chi connectivity index (χ1v) is 10.3. The van der Waals surface area contributed by atoms with E-state index in [0.717, 1.165) is 24.0 Å². The smallest absolute Gasteiger partial charge is 0.228 e.